The lowest BCUT2D eigenvalue weighted by atomic mass is 9.98. The van der Waals surface area contributed by atoms with E-state index >= 15 is 0 Å². The van der Waals surface area contributed by atoms with E-state index in [1.54, 1.807) is 18.6 Å². The molecule has 2 aromatic rings. The van der Waals surface area contributed by atoms with Gasteiger partial charge >= 0.3 is 0 Å². The second kappa shape index (κ2) is 7.71. The number of morpholine rings is 1. The Morgan fingerprint density at radius 3 is 2.82 bits per heavy atom. The number of nitrogens with zero attached hydrogens (tertiary/aromatic N) is 4. The molecule has 4 rings (SSSR count). The van der Waals surface area contributed by atoms with E-state index in [9.17, 15) is 9.59 Å². The summed E-state index contributed by atoms with van der Waals surface area (Å²) in [5.74, 6) is -0.295. The first-order valence-corrected chi connectivity index (χ1v) is 9.71. The van der Waals surface area contributed by atoms with Gasteiger partial charge in [-0.3, -0.25) is 19.3 Å². The summed E-state index contributed by atoms with van der Waals surface area (Å²) in [5.41, 5.74) is 2.82. The van der Waals surface area contributed by atoms with Crippen LogP contribution in [0.3, 0.4) is 0 Å². The molecule has 28 heavy (non-hydrogen) atoms. The van der Waals surface area contributed by atoms with Gasteiger partial charge in [0, 0.05) is 42.8 Å². The zero-order chi connectivity index (χ0) is 19.7. The maximum absolute atomic E-state index is 13.0. The van der Waals surface area contributed by atoms with Crippen molar-refractivity contribution < 1.29 is 14.3 Å². The zero-order valence-electron chi connectivity index (χ0n) is 16.2. The Morgan fingerprint density at radius 2 is 2.18 bits per heavy atom. The van der Waals surface area contributed by atoms with E-state index in [4.69, 9.17) is 4.74 Å². The SMILES string of the molecule is CCn1ncc(CNC(=O)[C@H]2OCC(=O)N(C3CC3)[C@@H]2c2cccnc2)c1C. The first-order valence-electron chi connectivity index (χ1n) is 9.71. The normalized spacial score (nSPS) is 22.4. The average molecular weight is 383 g/mol. The molecule has 2 aromatic heterocycles. The summed E-state index contributed by atoms with van der Waals surface area (Å²) >= 11 is 0. The molecule has 1 saturated carbocycles. The number of pyridine rings is 1. The maximum Gasteiger partial charge on any atom is 0.251 e. The van der Waals surface area contributed by atoms with E-state index in [-0.39, 0.29) is 24.5 Å². The van der Waals surface area contributed by atoms with Crippen LogP contribution in [0.25, 0.3) is 0 Å². The van der Waals surface area contributed by atoms with Gasteiger partial charge in [-0.15, -0.1) is 0 Å². The highest BCUT2D eigenvalue weighted by molar-refractivity contribution is 5.86. The molecule has 148 valence electrons. The molecule has 0 bridgehead atoms. The monoisotopic (exact) mass is 383 g/mol. The van der Waals surface area contributed by atoms with Gasteiger partial charge in [-0.2, -0.15) is 5.10 Å². The van der Waals surface area contributed by atoms with Crippen LogP contribution >= 0.6 is 0 Å². The lowest BCUT2D eigenvalue weighted by molar-refractivity contribution is -0.165. The molecule has 8 heteroatoms. The van der Waals surface area contributed by atoms with Gasteiger partial charge in [0.2, 0.25) is 5.91 Å². The number of rotatable bonds is 6. The van der Waals surface area contributed by atoms with E-state index in [1.165, 1.54) is 0 Å². The topological polar surface area (TPSA) is 89.3 Å². The molecule has 0 spiro atoms. The molecule has 2 fully saturated rings. The lowest BCUT2D eigenvalue weighted by Crippen LogP contribution is -2.55. The summed E-state index contributed by atoms with van der Waals surface area (Å²) in [7, 11) is 0. The van der Waals surface area contributed by atoms with Crippen LogP contribution in [0.4, 0.5) is 0 Å². The molecule has 1 aliphatic heterocycles. The van der Waals surface area contributed by atoms with Crippen molar-refractivity contribution in [3.8, 4) is 0 Å². The fourth-order valence-corrected chi connectivity index (χ4v) is 3.78. The predicted molar refractivity (Wildman–Crippen MR) is 101 cm³/mol. The molecule has 0 unspecified atom stereocenters. The summed E-state index contributed by atoms with van der Waals surface area (Å²) in [6.07, 6.45) is 6.33. The number of ether oxygens (including phenoxy) is 1. The molecular formula is C20H25N5O3. The van der Waals surface area contributed by atoms with Gasteiger partial charge in [0.25, 0.3) is 5.91 Å². The second-order valence-electron chi connectivity index (χ2n) is 7.28. The first kappa shape index (κ1) is 18.6. The summed E-state index contributed by atoms with van der Waals surface area (Å²) in [4.78, 5) is 31.5. The number of carbonyl (C=O) groups is 2. The largest absolute Gasteiger partial charge is 0.356 e. The van der Waals surface area contributed by atoms with Crippen LogP contribution < -0.4 is 5.32 Å². The van der Waals surface area contributed by atoms with Gasteiger partial charge in [0.15, 0.2) is 6.10 Å². The molecule has 3 heterocycles. The van der Waals surface area contributed by atoms with Gasteiger partial charge in [0.05, 0.1) is 12.2 Å². The van der Waals surface area contributed by atoms with Crippen LogP contribution in [0.1, 0.15) is 42.6 Å². The fourth-order valence-electron chi connectivity index (χ4n) is 3.78. The Kier molecular flexibility index (Phi) is 5.13. The molecular weight excluding hydrogens is 358 g/mol. The van der Waals surface area contributed by atoms with Crippen molar-refractivity contribution in [3.63, 3.8) is 0 Å². The number of hydrogen-bond acceptors (Lipinski definition) is 5. The minimum atomic E-state index is -0.760. The Balaban J connectivity index is 1.54. The van der Waals surface area contributed by atoms with Crippen molar-refractivity contribution >= 4 is 11.8 Å². The first-order chi connectivity index (χ1) is 13.6. The summed E-state index contributed by atoms with van der Waals surface area (Å²) in [6, 6.07) is 3.44. The van der Waals surface area contributed by atoms with Crippen molar-refractivity contribution in [3.05, 3.63) is 47.5 Å². The van der Waals surface area contributed by atoms with Crippen molar-refractivity contribution in [1.82, 2.24) is 25.0 Å². The van der Waals surface area contributed by atoms with E-state index in [2.05, 4.69) is 15.4 Å². The van der Waals surface area contributed by atoms with E-state index < -0.39 is 12.1 Å². The molecule has 8 nitrogen and oxygen atoms in total. The second-order valence-corrected chi connectivity index (χ2v) is 7.28. The maximum atomic E-state index is 13.0. The molecule has 0 aromatic carbocycles. The Bertz CT molecular complexity index is 862. The van der Waals surface area contributed by atoms with Crippen molar-refractivity contribution in [2.45, 2.75) is 58.0 Å². The highest BCUT2D eigenvalue weighted by Crippen LogP contribution is 2.39. The molecule has 1 saturated heterocycles. The van der Waals surface area contributed by atoms with Gasteiger partial charge < -0.3 is 15.0 Å². The van der Waals surface area contributed by atoms with Gasteiger partial charge in [-0.05, 0) is 38.3 Å². The number of nitrogens with one attached hydrogen (secondary N) is 1. The van der Waals surface area contributed by atoms with Crippen LogP contribution in [0.5, 0.6) is 0 Å². The third-order valence-electron chi connectivity index (χ3n) is 5.44. The van der Waals surface area contributed by atoms with E-state index in [1.807, 2.05) is 35.6 Å². The number of aromatic nitrogens is 3. The summed E-state index contributed by atoms with van der Waals surface area (Å²) in [6.45, 7) is 5.11. The molecule has 1 N–H and O–H groups in total. The van der Waals surface area contributed by atoms with E-state index in [0.29, 0.717) is 6.54 Å². The van der Waals surface area contributed by atoms with E-state index in [0.717, 1.165) is 36.2 Å². The quantitative estimate of drug-likeness (QED) is 0.813. The fraction of sp³-hybridized carbons (Fsp3) is 0.500. The third-order valence-corrected chi connectivity index (χ3v) is 5.44. The van der Waals surface area contributed by atoms with Crippen LogP contribution in [0, 0.1) is 6.92 Å². The van der Waals surface area contributed by atoms with Gasteiger partial charge in [0.1, 0.15) is 6.61 Å². The predicted octanol–water partition coefficient (Wildman–Crippen LogP) is 1.35. The minimum Gasteiger partial charge on any atom is -0.356 e. The highest BCUT2D eigenvalue weighted by atomic mass is 16.5. The molecule has 2 aliphatic rings. The number of aryl methyl sites for hydroxylation is 1. The Morgan fingerprint density at radius 1 is 1.36 bits per heavy atom. The molecule has 2 amide bonds. The minimum absolute atomic E-state index is 0.0690. The average Bonchev–Trinajstić information content (AvgIpc) is 3.49. The van der Waals surface area contributed by atoms with Crippen LogP contribution in [-0.2, 0) is 27.4 Å². The Labute approximate surface area is 163 Å². The molecule has 1 aliphatic carbocycles. The van der Waals surface area contributed by atoms with Gasteiger partial charge in [-0.1, -0.05) is 6.07 Å². The smallest absolute Gasteiger partial charge is 0.251 e. The lowest BCUT2D eigenvalue weighted by Gasteiger charge is -2.40. The van der Waals surface area contributed by atoms with Crippen LogP contribution in [-0.4, -0.2) is 50.2 Å². The van der Waals surface area contributed by atoms with Gasteiger partial charge in [-0.25, -0.2) is 0 Å². The molecule has 2 atom stereocenters. The number of carbonyl (C=O) groups excluding carboxylic acids is 2. The standard InChI is InChI=1S/C20H25N5O3/c1-3-24-13(2)15(11-23-24)10-22-20(27)19-18(14-5-4-8-21-9-14)25(16-6-7-16)17(26)12-28-19/h4-5,8-9,11,16,18-19H,3,6-7,10,12H2,1-2H3,(H,22,27)/t18-,19+/m1/s1. The van der Waals surface area contributed by atoms with Crippen molar-refractivity contribution in [1.29, 1.82) is 0 Å². The summed E-state index contributed by atoms with van der Waals surface area (Å²) < 4.78 is 7.61. The van der Waals surface area contributed by atoms with Crippen LogP contribution in [0.2, 0.25) is 0 Å². The third kappa shape index (κ3) is 3.52. The zero-order valence-corrected chi connectivity index (χ0v) is 16.2. The van der Waals surface area contributed by atoms with Crippen LogP contribution in [0.15, 0.2) is 30.7 Å². The highest BCUT2D eigenvalue weighted by Gasteiger charge is 2.47. The number of hydrogen-bond donors (Lipinski definition) is 1. The van der Waals surface area contributed by atoms with Crippen molar-refractivity contribution in [2.24, 2.45) is 0 Å². The Hall–Kier alpha value is -2.74. The van der Waals surface area contributed by atoms with Crippen molar-refractivity contribution in [2.75, 3.05) is 6.61 Å². The number of amides is 2. The summed E-state index contributed by atoms with van der Waals surface area (Å²) in [5, 5.41) is 7.28. The molecule has 0 radical (unpaired) electrons.